The molecule has 0 saturated heterocycles. The predicted molar refractivity (Wildman–Crippen MR) is 68.3 cm³/mol. The second-order valence-electron chi connectivity index (χ2n) is 5.07. The molecule has 0 bridgehead atoms. The molecule has 1 aromatic heterocycles. The molecule has 1 heterocycles. The fourth-order valence-electron chi connectivity index (χ4n) is 2.39. The third-order valence-corrected chi connectivity index (χ3v) is 3.36. The number of nitrogens with one attached hydrogen (secondary N) is 1. The maximum absolute atomic E-state index is 11.8. The standard InChI is InChI=1S/C13H20F3N3O/c14-13(15,16)10-20-8-6-17-9-11-5-7-19(18-11)12-3-1-2-4-12/h5,7,12,17H,1-4,6,8-10H2. The molecule has 1 aromatic rings. The van der Waals surface area contributed by atoms with E-state index in [9.17, 15) is 13.2 Å². The van der Waals surface area contributed by atoms with Crippen molar-refractivity contribution in [2.45, 2.75) is 44.4 Å². The van der Waals surface area contributed by atoms with Gasteiger partial charge in [-0.25, -0.2) is 0 Å². The summed E-state index contributed by atoms with van der Waals surface area (Å²) in [6.07, 6.45) is 2.61. The number of ether oxygens (including phenoxy) is 1. The molecule has 4 nitrogen and oxygen atoms in total. The van der Waals surface area contributed by atoms with Gasteiger partial charge >= 0.3 is 6.18 Å². The van der Waals surface area contributed by atoms with Gasteiger partial charge in [0.2, 0.25) is 0 Å². The van der Waals surface area contributed by atoms with Crippen LogP contribution in [0, 0.1) is 0 Å². The lowest BCUT2D eigenvalue weighted by atomic mass is 10.3. The Hall–Kier alpha value is -1.08. The van der Waals surface area contributed by atoms with E-state index in [2.05, 4.69) is 15.2 Å². The molecule has 1 saturated carbocycles. The molecular weight excluding hydrogens is 271 g/mol. The zero-order valence-electron chi connectivity index (χ0n) is 11.3. The first-order valence-corrected chi connectivity index (χ1v) is 6.94. The van der Waals surface area contributed by atoms with Crippen LogP contribution in [-0.4, -0.2) is 35.7 Å². The zero-order chi connectivity index (χ0) is 14.4. The Morgan fingerprint density at radius 2 is 2.10 bits per heavy atom. The molecule has 20 heavy (non-hydrogen) atoms. The molecular formula is C13H20F3N3O. The van der Waals surface area contributed by atoms with Crippen LogP contribution in [0.5, 0.6) is 0 Å². The summed E-state index contributed by atoms with van der Waals surface area (Å²) >= 11 is 0. The van der Waals surface area contributed by atoms with E-state index in [0.29, 0.717) is 19.1 Å². The fraction of sp³-hybridized carbons (Fsp3) is 0.769. The highest BCUT2D eigenvalue weighted by atomic mass is 19.4. The van der Waals surface area contributed by atoms with Gasteiger partial charge < -0.3 is 10.1 Å². The van der Waals surface area contributed by atoms with Gasteiger partial charge in [-0.15, -0.1) is 0 Å². The molecule has 0 unspecified atom stereocenters. The van der Waals surface area contributed by atoms with Gasteiger partial charge in [0.1, 0.15) is 6.61 Å². The molecule has 0 spiro atoms. The molecule has 1 aliphatic carbocycles. The van der Waals surface area contributed by atoms with Crippen molar-refractivity contribution in [1.29, 1.82) is 0 Å². The average molecular weight is 291 g/mol. The molecule has 2 rings (SSSR count). The number of aromatic nitrogens is 2. The van der Waals surface area contributed by atoms with Crippen molar-refractivity contribution in [3.05, 3.63) is 18.0 Å². The van der Waals surface area contributed by atoms with E-state index >= 15 is 0 Å². The maximum Gasteiger partial charge on any atom is 0.411 e. The highest BCUT2D eigenvalue weighted by Crippen LogP contribution is 2.28. The van der Waals surface area contributed by atoms with Gasteiger partial charge in [-0.2, -0.15) is 18.3 Å². The minimum atomic E-state index is -4.25. The lowest BCUT2D eigenvalue weighted by Gasteiger charge is -2.09. The van der Waals surface area contributed by atoms with Crippen molar-refractivity contribution in [2.24, 2.45) is 0 Å². The Balaban J connectivity index is 1.60. The molecule has 0 aromatic carbocycles. The van der Waals surface area contributed by atoms with Crippen LogP contribution in [0.25, 0.3) is 0 Å². The van der Waals surface area contributed by atoms with E-state index in [4.69, 9.17) is 0 Å². The third kappa shape index (κ3) is 5.13. The quantitative estimate of drug-likeness (QED) is 0.785. The van der Waals surface area contributed by atoms with Gasteiger partial charge in [-0.05, 0) is 18.9 Å². The molecule has 0 aliphatic heterocycles. The molecule has 1 fully saturated rings. The molecule has 1 N–H and O–H groups in total. The topological polar surface area (TPSA) is 39.1 Å². The van der Waals surface area contributed by atoms with Crippen molar-refractivity contribution in [3.8, 4) is 0 Å². The number of nitrogens with zero attached hydrogens (tertiary/aromatic N) is 2. The first-order valence-electron chi connectivity index (χ1n) is 6.94. The van der Waals surface area contributed by atoms with Gasteiger partial charge in [0.25, 0.3) is 0 Å². The number of rotatable bonds is 7. The van der Waals surface area contributed by atoms with Crippen molar-refractivity contribution >= 4 is 0 Å². The van der Waals surface area contributed by atoms with Crippen molar-refractivity contribution in [1.82, 2.24) is 15.1 Å². The summed E-state index contributed by atoms with van der Waals surface area (Å²) in [5.41, 5.74) is 0.910. The highest BCUT2D eigenvalue weighted by Gasteiger charge is 2.27. The van der Waals surface area contributed by atoms with Crippen molar-refractivity contribution < 1.29 is 17.9 Å². The Labute approximate surface area is 116 Å². The van der Waals surface area contributed by atoms with Crippen LogP contribution in [0.2, 0.25) is 0 Å². The fourth-order valence-corrected chi connectivity index (χ4v) is 2.39. The molecule has 0 radical (unpaired) electrons. The van der Waals surface area contributed by atoms with Gasteiger partial charge in [-0.3, -0.25) is 4.68 Å². The summed E-state index contributed by atoms with van der Waals surface area (Å²) in [5, 5.41) is 7.51. The largest absolute Gasteiger partial charge is 0.411 e. The number of hydrogen-bond acceptors (Lipinski definition) is 3. The lowest BCUT2D eigenvalue weighted by molar-refractivity contribution is -0.173. The lowest BCUT2D eigenvalue weighted by Crippen LogP contribution is -2.23. The van der Waals surface area contributed by atoms with Crippen LogP contribution in [0.1, 0.15) is 37.4 Å². The summed E-state index contributed by atoms with van der Waals surface area (Å²) in [5.74, 6) is 0. The molecule has 0 atom stereocenters. The minimum Gasteiger partial charge on any atom is -0.371 e. The third-order valence-electron chi connectivity index (χ3n) is 3.36. The monoisotopic (exact) mass is 291 g/mol. The van der Waals surface area contributed by atoms with E-state index in [0.717, 1.165) is 5.69 Å². The van der Waals surface area contributed by atoms with E-state index in [-0.39, 0.29) is 6.61 Å². The van der Waals surface area contributed by atoms with Gasteiger partial charge in [0.05, 0.1) is 18.3 Å². The Morgan fingerprint density at radius 1 is 1.35 bits per heavy atom. The zero-order valence-corrected chi connectivity index (χ0v) is 11.3. The number of alkyl halides is 3. The average Bonchev–Trinajstić information content (AvgIpc) is 3.02. The van der Waals surface area contributed by atoms with Crippen LogP contribution in [0.3, 0.4) is 0 Å². The second kappa shape index (κ2) is 7.08. The van der Waals surface area contributed by atoms with Gasteiger partial charge in [-0.1, -0.05) is 12.8 Å². The summed E-state index contributed by atoms with van der Waals surface area (Å²) in [6, 6.07) is 2.46. The summed E-state index contributed by atoms with van der Waals surface area (Å²) < 4.78 is 42.0. The normalized spacial score (nSPS) is 16.9. The molecule has 114 valence electrons. The molecule has 0 amide bonds. The maximum atomic E-state index is 11.8. The van der Waals surface area contributed by atoms with Gasteiger partial charge in [0.15, 0.2) is 0 Å². The van der Waals surface area contributed by atoms with Crippen LogP contribution in [-0.2, 0) is 11.3 Å². The summed E-state index contributed by atoms with van der Waals surface area (Å²) in [7, 11) is 0. The number of hydrogen-bond donors (Lipinski definition) is 1. The van der Waals surface area contributed by atoms with Crippen LogP contribution < -0.4 is 5.32 Å². The SMILES string of the molecule is FC(F)(F)COCCNCc1ccn(C2CCCC2)n1. The number of halogens is 3. The molecule has 1 aliphatic rings. The van der Waals surface area contributed by atoms with Crippen molar-refractivity contribution in [3.63, 3.8) is 0 Å². The van der Waals surface area contributed by atoms with Gasteiger partial charge in [0, 0.05) is 19.3 Å². The summed E-state index contributed by atoms with van der Waals surface area (Å²) in [4.78, 5) is 0. The van der Waals surface area contributed by atoms with E-state index in [1.807, 2.05) is 16.9 Å². The first kappa shape index (κ1) is 15.3. The van der Waals surface area contributed by atoms with Crippen molar-refractivity contribution in [2.75, 3.05) is 19.8 Å². The first-order chi connectivity index (χ1) is 9.54. The van der Waals surface area contributed by atoms with Crippen LogP contribution in [0.15, 0.2) is 12.3 Å². The Bertz CT molecular complexity index is 400. The minimum absolute atomic E-state index is 0.0445. The van der Waals surface area contributed by atoms with E-state index < -0.39 is 12.8 Å². The molecule has 7 heteroatoms. The van der Waals surface area contributed by atoms with E-state index in [1.54, 1.807) is 0 Å². The Kier molecular flexibility index (Phi) is 5.42. The second-order valence-corrected chi connectivity index (χ2v) is 5.07. The highest BCUT2D eigenvalue weighted by molar-refractivity contribution is 4.99. The smallest absolute Gasteiger partial charge is 0.371 e. The van der Waals surface area contributed by atoms with E-state index in [1.165, 1.54) is 25.7 Å². The van der Waals surface area contributed by atoms with Crippen LogP contribution in [0.4, 0.5) is 13.2 Å². The Morgan fingerprint density at radius 3 is 2.80 bits per heavy atom. The van der Waals surface area contributed by atoms with Crippen LogP contribution >= 0.6 is 0 Å². The predicted octanol–water partition coefficient (Wildman–Crippen LogP) is 2.67. The summed E-state index contributed by atoms with van der Waals surface area (Å²) in [6.45, 7) is -0.213.